The standard InChI is InChI=1S/C29H27N3O4/c33-28(24-14-8-18-32(24)29(34)36-20-22-11-5-2-6-12-22)31-26-17-16-23-13-7-15-25(27(23)30-26)35-19-21-9-3-1-4-10-21/h1-7,9-13,15-17,24H,8,14,18-20H2,(H,30,31,33). The van der Waals surface area contributed by atoms with Gasteiger partial charge in [-0.15, -0.1) is 0 Å². The molecule has 1 atom stereocenters. The van der Waals surface area contributed by atoms with Gasteiger partial charge in [0, 0.05) is 11.9 Å². The number of para-hydroxylation sites is 1. The van der Waals surface area contributed by atoms with E-state index in [4.69, 9.17) is 9.47 Å². The number of hydrogen-bond acceptors (Lipinski definition) is 5. The fourth-order valence-corrected chi connectivity index (χ4v) is 4.31. The number of fused-ring (bicyclic) bond motifs is 1. The summed E-state index contributed by atoms with van der Waals surface area (Å²) in [6.07, 6.45) is 0.825. The van der Waals surface area contributed by atoms with E-state index in [9.17, 15) is 9.59 Å². The molecule has 1 fully saturated rings. The number of nitrogens with zero attached hydrogens (tertiary/aromatic N) is 2. The highest BCUT2D eigenvalue weighted by molar-refractivity contribution is 5.97. The van der Waals surface area contributed by atoms with E-state index in [1.54, 1.807) is 6.07 Å². The third kappa shape index (κ3) is 5.46. The van der Waals surface area contributed by atoms with Crippen molar-refractivity contribution in [2.45, 2.75) is 32.1 Å². The number of anilines is 1. The van der Waals surface area contributed by atoms with Crippen LogP contribution in [-0.4, -0.2) is 34.5 Å². The van der Waals surface area contributed by atoms with E-state index in [1.165, 1.54) is 4.90 Å². The first-order valence-corrected chi connectivity index (χ1v) is 12.0. The summed E-state index contributed by atoms with van der Waals surface area (Å²) in [5, 5.41) is 3.79. The quantitative estimate of drug-likeness (QED) is 0.374. The van der Waals surface area contributed by atoms with Crippen LogP contribution in [0.2, 0.25) is 0 Å². The van der Waals surface area contributed by atoms with Crippen molar-refractivity contribution in [3.05, 3.63) is 102 Å². The van der Waals surface area contributed by atoms with Crippen LogP contribution in [0.1, 0.15) is 24.0 Å². The van der Waals surface area contributed by atoms with Crippen LogP contribution in [0.15, 0.2) is 91.0 Å². The molecule has 182 valence electrons. The first-order chi connectivity index (χ1) is 17.7. The summed E-state index contributed by atoms with van der Waals surface area (Å²) in [4.78, 5) is 31.9. The fourth-order valence-electron chi connectivity index (χ4n) is 4.31. The lowest BCUT2D eigenvalue weighted by molar-refractivity contribution is -0.120. The molecule has 0 bridgehead atoms. The second-order valence-electron chi connectivity index (χ2n) is 8.68. The Morgan fingerprint density at radius 3 is 2.33 bits per heavy atom. The normalized spacial score (nSPS) is 15.0. The van der Waals surface area contributed by atoms with Crippen molar-refractivity contribution in [1.29, 1.82) is 0 Å². The molecule has 1 aromatic heterocycles. The molecule has 1 N–H and O–H groups in total. The van der Waals surface area contributed by atoms with Crippen LogP contribution in [0.3, 0.4) is 0 Å². The van der Waals surface area contributed by atoms with Gasteiger partial charge >= 0.3 is 6.09 Å². The summed E-state index contributed by atoms with van der Waals surface area (Å²) < 4.78 is 11.5. The Bertz CT molecular complexity index is 1340. The highest BCUT2D eigenvalue weighted by atomic mass is 16.6. The molecule has 0 saturated carbocycles. The first kappa shape index (κ1) is 23.4. The first-order valence-electron chi connectivity index (χ1n) is 12.0. The van der Waals surface area contributed by atoms with Crippen molar-refractivity contribution >= 4 is 28.7 Å². The Morgan fingerprint density at radius 1 is 0.861 bits per heavy atom. The van der Waals surface area contributed by atoms with Gasteiger partial charge in [0.1, 0.15) is 36.3 Å². The largest absolute Gasteiger partial charge is 0.487 e. The maximum atomic E-state index is 13.1. The third-order valence-electron chi connectivity index (χ3n) is 6.17. The zero-order valence-corrected chi connectivity index (χ0v) is 19.8. The minimum atomic E-state index is -0.602. The summed E-state index contributed by atoms with van der Waals surface area (Å²) in [7, 11) is 0. The van der Waals surface area contributed by atoms with Crippen molar-refractivity contribution in [2.24, 2.45) is 0 Å². The van der Waals surface area contributed by atoms with E-state index < -0.39 is 12.1 Å². The number of likely N-dealkylation sites (tertiary alicyclic amines) is 1. The SMILES string of the molecule is O=C(Nc1ccc2cccc(OCc3ccccc3)c2n1)C1CCCN1C(=O)OCc1ccccc1. The van der Waals surface area contributed by atoms with Gasteiger partial charge in [-0.3, -0.25) is 9.69 Å². The summed E-state index contributed by atoms with van der Waals surface area (Å²) in [5.41, 5.74) is 2.62. The Kier molecular flexibility index (Phi) is 7.07. The van der Waals surface area contributed by atoms with Crippen LogP contribution in [-0.2, 0) is 22.7 Å². The van der Waals surface area contributed by atoms with Gasteiger partial charge in [-0.25, -0.2) is 9.78 Å². The Morgan fingerprint density at radius 2 is 1.58 bits per heavy atom. The van der Waals surface area contributed by atoms with Gasteiger partial charge < -0.3 is 14.8 Å². The summed E-state index contributed by atoms with van der Waals surface area (Å²) in [6.45, 7) is 1.07. The molecule has 4 aromatic rings. The Balaban J connectivity index is 1.26. The molecule has 1 aliphatic heterocycles. The van der Waals surface area contributed by atoms with Gasteiger partial charge in [0.2, 0.25) is 5.91 Å². The van der Waals surface area contributed by atoms with Crippen LogP contribution in [0.25, 0.3) is 10.9 Å². The van der Waals surface area contributed by atoms with Gasteiger partial charge in [-0.1, -0.05) is 72.8 Å². The maximum Gasteiger partial charge on any atom is 0.410 e. The molecule has 7 nitrogen and oxygen atoms in total. The topological polar surface area (TPSA) is 80.8 Å². The molecule has 1 aliphatic rings. The van der Waals surface area contributed by atoms with E-state index in [1.807, 2.05) is 84.9 Å². The lowest BCUT2D eigenvalue weighted by Crippen LogP contribution is -2.43. The molecular weight excluding hydrogens is 454 g/mol. The number of ether oxygens (including phenoxy) is 2. The molecule has 2 heterocycles. The molecule has 7 heteroatoms. The summed E-state index contributed by atoms with van der Waals surface area (Å²) in [6, 6.07) is 28.2. The number of nitrogens with one attached hydrogen (secondary N) is 1. The summed E-state index contributed by atoms with van der Waals surface area (Å²) >= 11 is 0. The van der Waals surface area contributed by atoms with Crippen molar-refractivity contribution in [1.82, 2.24) is 9.88 Å². The molecule has 36 heavy (non-hydrogen) atoms. The van der Waals surface area contributed by atoms with Gasteiger partial charge in [0.15, 0.2) is 0 Å². The number of benzene rings is 3. The van der Waals surface area contributed by atoms with Crippen molar-refractivity contribution < 1.29 is 19.1 Å². The molecule has 5 rings (SSSR count). The number of carbonyl (C=O) groups is 2. The zero-order valence-electron chi connectivity index (χ0n) is 19.8. The highest BCUT2D eigenvalue weighted by Gasteiger charge is 2.35. The molecule has 1 saturated heterocycles. The number of rotatable bonds is 7. The van der Waals surface area contributed by atoms with E-state index in [-0.39, 0.29) is 12.5 Å². The molecular formula is C29H27N3O4. The van der Waals surface area contributed by atoms with Crippen molar-refractivity contribution in [2.75, 3.05) is 11.9 Å². The second kappa shape index (κ2) is 10.9. The molecule has 0 aliphatic carbocycles. The number of pyridine rings is 1. The highest BCUT2D eigenvalue weighted by Crippen LogP contribution is 2.27. The van der Waals surface area contributed by atoms with E-state index in [0.717, 1.165) is 22.9 Å². The molecule has 0 spiro atoms. The molecule has 0 radical (unpaired) electrons. The van der Waals surface area contributed by atoms with Gasteiger partial charge in [-0.05, 0) is 42.2 Å². The average Bonchev–Trinajstić information content (AvgIpc) is 3.42. The van der Waals surface area contributed by atoms with Crippen LogP contribution in [0.4, 0.5) is 10.6 Å². The van der Waals surface area contributed by atoms with Crippen LogP contribution >= 0.6 is 0 Å². The third-order valence-corrected chi connectivity index (χ3v) is 6.17. The lowest BCUT2D eigenvalue weighted by atomic mass is 10.2. The minimum absolute atomic E-state index is 0.169. The minimum Gasteiger partial charge on any atom is -0.487 e. The van der Waals surface area contributed by atoms with Crippen LogP contribution in [0.5, 0.6) is 5.75 Å². The molecule has 2 amide bonds. The number of aromatic nitrogens is 1. The molecule has 3 aromatic carbocycles. The molecule has 1 unspecified atom stereocenters. The van der Waals surface area contributed by atoms with E-state index in [0.29, 0.717) is 36.7 Å². The van der Waals surface area contributed by atoms with Crippen LogP contribution in [0, 0.1) is 0 Å². The Labute approximate surface area is 209 Å². The van der Waals surface area contributed by atoms with E-state index in [2.05, 4.69) is 10.3 Å². The second-order valence-corrected chi connectivity index (χ2v) is 8.68. The lowest BCUT2D eigenvalue weighted by Gasteiger charge is -2.23. The predicted molar refractivity (Wildman–Crippen MR) is 138 cm³/mol. The van der Waals surface area contributed by atoms with Crippen molar-refractivity contribution in [3.63, 3.8) is 0 Å². The van der Waals surface area contributed by atoms with Gasteiger partial charge in [-0.2, -0.15) is 0 Å². The van der Waals surface area contributed by atoms with E-state index >= 15 is 0 Å². The fraction of sp³-hybridized carbons (Fsp3) is 0.207. The zero-order chi connectivity index (χ0) is 24.7. The number of amides is 2. The van der Waals surface area contributed by atoms with Crippen molar-refractivity contribution in [3.8, 4) is 5.75 Å². The average molecular weight is 482 g/mol. The predicted octanol–water partition coefficient (Wildman–Crippen LogP) is 5.55. The van der Waals surface area contributed by atoms with Crippen LogP contribution < -0.4 is 10.1 Å². The smallest absolute Gasteiger partial charge is 0.410 e. The number of carbonyl (C=O) groups excluding carboxylic acids is 2. The van der Waals surface area contributed by atoms with Gasteiger partial charge in [0.25, 0.3) is 0 Å². The van der Waals surface area contributed by atoms with Gasteiger partial charge in [0.05, 0.1) is 0 Å². The summed E-state index contributed by atoms with van der Waals surface area (Å²) in [5.74, 6) is 0.769. The number of hydrogen-bond donors (Lipinski definition) is 1. The maximum absolute atomic E-state index is 13.1. The monoisotopic (exact) mass is 481 g/mol. The Hall–Kier alpha value is -4.39.